The SMILES string of the molecule is CCCNC(=O)CCn1ccc(NC(=O)[C@H](CC2CCCC2)c2ccc(S(C)(=O)=O)c(Cl)c2)n1. The van der Waals surface area contributed by atoms with Gasteiger partial charge in [0, 0.05) is 38.0 Å². The zero-order valence-corrected chi connectivity index (χ0v) is 21.3. The van der Waals surface area contributed by atoms with Crippen molar-refractivity contribution in [3.8, 4) is 0 Å². The number of hydrogen-bond acceptors (Lipinski definition) is 5. The molecular weight excluding hydrogens is 476 g/mol. The van der Waals surface area contributed by atoms with Crippen molar-refractivity contribution in [2.45, 2.75) is 69.2 Å². The molecule has 3 rings (SSSR count). The summed E-state index contributed by atoms with van der Waals surface area (Å²) >= 11 is 6.28. The highest BCUT2D eigenvalue weighted by Crippen LogP contribution is 2.36. The molecule has 1 aliphatic carbocycles. The van der Waals surface area contributed by atoms with Crippen molar-refractivity contribution >= 4 is 39.1 Å². The van der Waals surface area contributed by atoms with Gasteiger partial charge in [-0.25, -0.2) is 8.42 Å². The van der Waals surface area contributed by atoms with Gasteiger partial charge < -0.3 is 10.6 Å². The third-order valence-corrected chi connectivity index (χ3v) is 7.73. The zero-order valence-electron chi connectivity index (χ0n) is 19.7. The Labute approximate surface area is 206 Å². The van der Waals surface area contributed by atoms with Crippen molar-refractivity contribution in [1.82, 2.24) is 15.1 Å². The summed E-state index contributed by atoms with van der Waals surface area (Å²) in [6.07, 6.45) is 9.16. The lowest BCUT2D eigenvalue weighted by Crippen LogP contribution is -2.25. The quantitative estimate of drug-likeness (QED) is 0.473. The van der Waals surface area contributed by atoms with E-state index in [1.54, 1.807) is 29.1 Å². The number of rotatable bonds is 11. The van der Waals surface area contributed by atoms with Gasteiger partial charge >= 0.3 is 0 Å². The molecule has 1 aliphatic rings. The zero-order chi connectivity index (χ0) is 24.7. The van der Waals surface area contributed by atoms with Crippen molar-refractivity contribution in [2.24, 2.45) is 5.92 Å². The molecule has 0 saturated heterocycles. The minimum atomic E-state index is -3.46. The highest BCUT2D eigenvalue weighted by atomic mass is 35.5. The normalized spacial score (nSPS) is 15.3. The lowest BCUT2D eigenvalue weighted by Gasteiger charge is -2.21. The highest BCUT2D eigenvalue weighted by molar-refractivity contribution is 7.90. The number of nitrogens with zero attached hydrogens (tertiary/aromatic N) is 2. The summed E-state index contributed by atoms with van der Waals surface area (Å²) in [4.78, 5) is 25.2. The fourth-order valence-corrected chi connectivity index (χ4v) is 5.68. The maximum absolute atomic E-state index is 13.3. The van der Waals surface area contributed by atoms with E-state index in [1.165, 1.54) is 6.07 Å². The Balaban J connectivity index is 1.72. The number of nitrogens with one attached hydrogen (secondary N) is 2. The van der Waals surface area contributed by atoms with Crippen LogP contribution in [0.1, 0.15) is 63.4 Å². The number of benzene rings is 1. The summed E-state index contributed by atoms with van der Waals surface area (Å²) in [7, 11) is -3.46. The van der Waals surface area contributed by atoms with Gasteiger partial charge in [0.2, 0.25) is 11.8 Å². The van der Waals surface area contributed by atoms with Gasteiger partial charge in [-0.05, 0) is 36.5 Å². The van der Waals surface area contributed by atoms with E-state index in [4.69, 9.17) is 11.6 Å². The smallest absolute Gasteiger partial charge is 0.233 e. The first kappa shape index (κ1) is 26.2. The molecule has 1 atom stereocenters. The number of aromatic nitrogens is 2. The first-order chi connectivity index (χ1) is 16.2. The summed E-state index contributed by atoms with van der Waals surface area (Å²) in [6.45, 7) is 3.06. The molecule has 34 heavy (non-hydrogen) atoms. The number of amides is 2. The lowest BCUT2D eigenvalue weighted by atomic mass is 9.87. The van der Waals surface area contributed by atoms with Crippen molar-refractivity contribution in [3.05, 3.63) is 41.0 Å². The Hall–Kier alpha value is -2.39. The van der Waals surface area contributed by atoms with Crippen molar-refractivity contribution in [3.63, 3.8) is 0 Å². The van der Waals surface area contributed by atoms with Crippen LogP contribution in [0.4, 0.5) is 5.82 Å². The topological polar surface area (TPSA) is 110 Å². The summed E-state index contributed by atoms with van der Waals surface area (Å²) in [5.41, 5.74) is 0.689. The van der Waals surface area contributed by atoms with Gasteiger partial charge in [-0.2, -0.15) is 5.10 Å². The monoisotopic (exact) mass is 508 g/mol. The summed E-state index contributed by atoms with van der Waals surface area (Å²) < 4.78 is 25.5. The third-order valence-electron chi connectivity index (χ3n) is 6.15. The van der Waals surface area contributed by atoms with Gasteiger partial charge in [-0.3, -0.25) is 14.3 Å². The molecular formula is C24H33ClN4O4S. The molecule has 8 nitrogen and oxygen atoms in total. The summed E-state index contributed by atoms with van der Waals surface area (Å²) in [5.74, 6) is 0.131. The van der Waals surface area contributed by atoms with E-state index in [0.717, 1.165) is 38.4 Å². The molecule has 0 bridgehead atoms. The first-order valence-electron chi connectivity index (χ1n) is 11.8. The van der Waals surface area contributed by atoms with Gasteiger partial charge in [0.05, 0.1) is 15.8 Å². The van der Waals surface area contributed by atoms with E-state index in [2.05, 4.69) is 15.7 Å². The second kappa shape index (κ2) is 11.8. The van der Waals surface area contributed by atoms with Crippen molar-refractivity contribution < 1.29 is 18.0 Å². The van der Waals surface area contributed by atoms with Crippen molar-refractivity contribution in [2.75, 3.05) is 18.1 Å². The molecule has 1 aromatic carbocycles. The van der Waals surface area contributed by atoms with Crippen LogP contribution in [0, 0.1) is 5.92 Å². The van der Waals surface area contributed by atoms with Crippen LogP contribution < -0.4 is 10.6 Å². The molecule has 1 saturated carbocycles. The molecule has 0 spiro atoms. The van der Waals surface area contributed by atoms with E-state index < -0.39 is 15.8 Å². The van der Waals surface area contributed by atoms with Gasteiger partial charge in [0.15, 0.2) is 15.7 Å². The van der Waals surface area contributed by atoms with Crippen LogP contribution in [0.5, 0.6) is 0 Å². The minimum absolute atomic E-state index is 0.0333. The van der Waals surface area contributed by atoms with Crippen LogP contribution in [-0.2, 0) is 26.0 Å². The Morgan fingerprint density at radius 3 is 2.62 bits per heavy atom. The van der Waals surface area contributed by atoms with Crippen LogP contribution in [0.15, 0.2) is 35.4 Å². The lowest BCUT2D eigenvalue weighted by molar-refractivity contribution is -0.121. The number of carbonyl (C=O) groups excluding carboxylic acids is 2. The third kappa shape index (κ3) is 7.30. The Morgan fingerprint density at radius 1 is 1.24 bits per heavy atom. The maximum atomic E-state index is 13.3. The van der Waals surface area contributed by atoms with Gasteiger partial charge in [-0.1, -0.05) is 50.3 Å². The van der Waals surface area contributed by atoms with E-state index >= 15 is 0 Å². The number of carbonyl (C=O) groups is 2. The number of halogens is 1. The Morgan fingerprint density at radius 2 is 1.97 bits per heavy atom. The molecule has 2 amide bonds. The van der Waals surface area contributed by atoms with E-state index in [9.17, 15) is 18.0 Å². The average Bonchev–Trinajstić information content (AvgIpc) is 3.45. The average molecular weight is 509 g/mol. The highest BCUT2D eigenvalue weighted by Gasteiger charge is 2.28. The van der Waals surface area contributed by atoms with Crippen LogP contribution in [0.3, 0.4) is 0 Å². The number of anilines is 1. The van der Waals surface area contributed by atoms with E-state index in [0.29, 0.717) is 43.2 Å². The predicted octanol–water partition coefficient (Wildman–Crippen LogP) is 4.16. The van der Waals surface area contributed by atoms with E-state index in [1.807, 2.05) is 6.92 Å². The van der Waals surface area contributed by atoms with Gasteiger partial charge in [0.1, 0.15) is 0 Å². The molecule has 1 heterocycles. The van der Waals surface area contributed by atoms with E-state index in [-0.39, 0.29) is 21.7 Å². The Bertz CT molecular complexity index is 1110. The largest absolute Gasteiger partial charge is 0.356 e. The predicted molar refractivity (Wildman–Crippen MR) is 133 cm³/mol. The fraction of sp³-hybridized carbons (Fsp3) is 0.542. The minimum Gasteiger partial charge on any atom is -0.356 e. The number of sulfone groups is 1. The molecule has 2 aromatic rings. The molecule has 0 unspecified atom stereocenters. The molecule has 10 heteroatoms. The first-order valence-corrected chi connectivity index (χ1v) is 14.0. The standard InChI is InChI=1S/C24H33ClN4O4S/c1-3-12-26-23(30)11-14-29-13-10-22(28-29)27-24(31)19(15-17-6-4-5-7-17)18-8-9-21(20(25)16-18)34(2,32)33/h8-10,13,16-17,19H,3-7,11-12,14-15H2,1-2H3,(H,26,30)(H,27,28,31)/t19-/m1/s1. The fourth-order valence-electron chi connectivity index (χ4n) is 4.34. The number of hydrogen-bond donors (Lipinski definition) is 2. The maximum Gasteiger partial charge on any atom is 0.233 e. The summed E-state index contributed by atoms with van der Waals surface area (Å²) in [6, 6.07) is 6.44. The second-order valence-electron chi connectivity index (χ2n) is 8.95. The molecule has 186 valence electrons. The Kier molecular flexibility index (Phi) is 9.13. The molecule has 0 radical (unpaired) electrons. The van der Waals surface area contributed by atoms with Gasteiger partial charge in [-0.15, -0.1) is 0 Å². The summed E-state index contributed by atoms with van der Waals surface area (Å²) in [5, 5.41) is 10.2. The molecule has 1 fully saturated rings. The molecule has 1 aromatic heterocycles. The van der Waals surface area contributed by atoms with Crippen LogP contribution in [0.2, 0.25) is 5.02 Å². The molecule has 2 N–H and O–H groups in total. The van der Waals surface area contributed by atoms with Gasteiger partial charge in [0.25, 0.3) is 0 Å². The van der Waals surface area contributed by atoms with Crippen LogP contribution in [0.25, 0.3) is 0 Å². The molecule has 0 aliphatic heterocycles. The number of aryl methyl sites for hydroxylation is 1. The van der Waals surface area contributed by atoms with Crippen molar-refractivity contribution in [1.29, 1.82) is 0 Å². The second-order valence-corrected chi connectivity index (χ2v) is 11.3. The van der Waals surface area contributed by atoms with Crippen LogP contribution in [-0.4, -0.2) is 42.8 Å². The van der Waals surface area contributed by atoms with Crippen LogP contribution >= 0.6 is 11.6 Å².